The molecule has 0 aliphatic carbocycles. The van der Waals surface area contributed by atoms with Crippen molar-refractivity contribution in [1.29, 1.82) is 0 Å². The molecule has 21 heavy (non-hydrogen) atoms. The summed E-state index contributed by atoms with van der Waals surface area (Å²) in [6.07, 6.45) is 1.63. The predicted octanol–water partition coefficient (Wildman–Crippen LogP) is 1.65. The molecule has 0 fully saturated rings. The van der Waals surface area contributed by atoms with Gasteiger partial charge in [-0.25, -0.2) is 0 Å². The largest absolute Gasteiger partial charge is 0.353 e. The standard InChI is InChI=1S/C17H29N3O/c1-13(2)10-15(20(3)4)12-19-17(21)16(18)11-14-8-6-5-7-9-14/h5-9,13,15-16H,10-12,18H2,1-4H3,(H,19,21)/t15?,16-/m0/s1. The van der Waals surface area contributed by atoms with Crippen molar-refractivity contribution in [2.24, 2.45) is 11.7 Å². The molecular formula is C17H29N3O. The van der Waals surface area contributed by atoms with E-state index < -0.39 is 6.04 Å². The Balaban J connectivity index is 2.44. The van der Waals surface area contributed by atoms with Gasteiger partial charge in [0.1, 0.15) is 0 Å². The maximum atomic E-state index is 12.1. The summed E-state index contributed by atoms with van der Waals surface area (Å²) in [5.74, 6) is 0.529. The second kappa shape index (κ2) is 8.80. The van der Waals surface area contributed by atoms with Gasteiger partial charge in [0.25, 0.3) is 0 Å². The Bertz CT molecular complexity index is 417. The van der Waals surface area contributed by atoms with Crippen LogP contribution in [-0.2, 0) is 11.2 Å². The Morgan fingerprint density at radius 3 is 2.38 bits per heavy atom. The number of nitrogens with one attached hydrogen (secondary N) is 1. The van der Waals surface area contributed by atoms with E-state index in [1.807, 2.05) is 44.4 Å². The number of carbonyl (C=O) groups is 1. The molecule has 1 aromatic carbocycles. The molecular weight excluding hydrogens is 262 g/mol. The first-order chi connectivity index (χ1) is 9.90. The van der Waals surface area contributed by atoms with Gasteiger partial charge in [-0.1, -0.05) is 44.2 Å². The van der Waals surface area contributed by atoms with Gasteiger partial charge in [0, 0.05) is 12.6 Å². The van der Waals surface area contributed by atoms with Gasteiger partial charge in [0.2, 0.25) is 5.91 Å². The highest BCUT2D eigenvalue weighted by molar-refractivity contribution is 5.81. The van der Waals surface area contributed by atoms with Gasteiger partial charge >= 0.3 is 0 Å². The van der Waals surface area contributed by atoms with E-state index in [1.165, 1.54) is 0 Å². The SMILES string of the molecule is CC(C)CC(CNC(=O)[C@@H](N)Cc1ccccc1)N(C)C. The normalized spacial score (nSPS) is 14.2. The second-order valence-electron chi connectivity index (χ2n) is 6.29. The van der Waals surface area contributed by atoms with Crippen LogP contribution in [0.5, 0.6) is 0 Å². The molecule has 0 heterocycles. The van der Waals surface area contributed by atoms with E-state index in [-0.39, 0.29) is 5.91 Å². The van der Waals surface area contributed by atoms with E-state index in [0.717, 1.165) is 12.0 Å². The zero-order valence-electron chi connectivity index (χ0n) is 13.7. The van der Waals surface area contributed by atoms with Crippen molar-refractivity contribution in [3.63, 3.8) is 0 Å². The highest BCUT2D eigenvalue weighted by Crippen LogP contribution is 2.08. The lowest BCUT2D eigenvalue weighted by Crippen LogP contribution is -2.47. The maximum Gasteiger partial charge on any atom is 0.237 e. The Kier molecular flexibility index (Phi) is 7.40. The highest BCUT2D eigenvalue weighted by Gasteiger charge is 2.18. The number of nitrogens with zero attached hydrogens (tertiary/aromatic N) is 1. The van der Waals surface area contributed by atoms with E-state index >= 15 is 0 Å². The van der Waals surface area contributed by atoms with Gasteiger partial charge in [-0.05, 0) is 38.4 Å². The molecule has 1 rings (SSSR count). The summed E-state index contributed by atoms with van der Waals surface area (Å²) < 4.78 is 0. The first kappa shape index (κ1) is 17.7. The van der Waals surface area contributed by atoms with Gasteiger partial charge in [0.15, 0.2) is 0 Å². The van der Waals surface area contributed by atoms with Gasteiger partial charge < -0.3 is 16.0 Å². The summed E-state index contributed by atoms with van der Waals surface area (Å²) >= 11 is 0. The molecule has 0 saturated carbocycles. The molecule has 1 amide bonds. The van der Waals surface area contributed by atoms with Crippen LogP contribution < -0.4 is 11.1 Å². The zero-order chi connectivity index (χ0) is 15.8. The molecule has 3 N–H and O–H groups in total. The van der Waals surface area contributed by atoms with Crippen LogP contribution in [0.2, 0.25) is 0 Å². The van der Waals surface area contributed by atoms with Crippen LogP contribution in [0.1, 0.15) is 25.8 Å². The van der Waals surface area contributed by atoms with Crippen molar-refractivity contribution >= 4 is 5.91 Å². The minimum atomic E-state index is -0.491. The van der Waals surface area contributed by atoms with Crippen molar-refractivity contribution in [3.05, 3.63) is 35.9 Å². The van der Waals surface area contributed by atoms with Crippen molar-refractivity contribution in [2.75, 3.05) is 20.6 Å². The van der Waals surface area contributed by atoms with Gasteiger partial charge in [-0.3, -0.25) is 4.79 Å². The van der Waals surface area contributed by atoms with Gasteiger partial charge in [-0.2, -0.15) is 0 Å². The molecule has 0 aromatic heterocycles. The van der Waals surface area contributed by atoms with Crippen LogP contribution in [0.4, 0.5) is 0 Å². The molecule has 0 radical (unpaired) electrons. The van der Waals surface area contributed by atoms with Gasteiger partial charge in [-0.15, -0.1) is 0 Å². The smallest absolute Gasteiger partial charge is 0.237 e. The van der Waals surface area contributed by atoms with Crippen molar-refractivity contribution in [2.45, 2.75) is 38.8 Å². The second-order valence-corrected chi connectivity index (χ2v) is 6.29. The molecule has 4 nitrogen and oxygen atoms in total. The molecule has 4 heteroatoms. The Morgan fingerprint density at radius 2 is 1.86 bits per heavy atom. The summed E-state index contributed by atoms with van der Waals surface area (Å²) in [6.45, 7) is 5.03. The molecule has 0 aliphatic rings. The number of nitrogens with two attached hydrogens (primary N) is 1. The minimum Gasteiger partial charge on any atom is -0.353 e. The third-order valence-corrected chi connectivity index (χ3v) is 3.62. The van der Waals surface area contributed by atoms with Crippen LogP contribution in [-0.4, -0.2) is 43.5 Å². The van der Waals surface area contributed by atoms with Crippen LogP contribution in [0, 0.1) is 5.92 Å². The van der Waals surface area contributed by atoms with Crippen LogP contribution >= 0.6 is 0 Å². The number of rotatable bonds is 8. The number of likely N-dealkylation sites (N-methyl/N-ethyl adjacent to an activating group) is 1. The summed E-state index contributed by atoms with van der Waals surface area (Å²) in [6, 6.07) is 9.73. The first-order valence-corrected chi connectivity index (χ1v) is 7.63. The average molecular weight is 291 g/mol. The molecule has 0 spiro atoms. The third-order valence-electron chi connectivity index (χ3n) is 3.62. The molecule has 2 atom stereocenters. The lowest BCUT2D eigenvalue weighted by Gasteiger charge is -2.26. The van der Waals surface area contributed by atoms with E-state index in [9.17, 15) is 4.79 Å². The maximum absolute atomic E-state index is 12.1. The first-order valence-electron chi connectivity index (χ1n) is 7.63. The molecule has 0 saturated heterocycles. The number of benzene rings is 1. The van der Waals surface area contributed by atoms with Crippen molar-refractivity contribution in [1.82, 2.24) is 10.2 Å². The number of hydrogen-bond donors (Lipinski definition) is 2. The summed E-state index contributed by atoms with van der Waals surface area (Å²) in [7, 11) is 4.09. The molecule has 118 valence electrons. The lowest BCUT2D eigenvalue weighted by atomic mass is 10.0. The summed E-state index contributed by atoms with van der Waals surface area (Å²) in [5, 5.41) is 2.98. The van der Waals surface area contributed by atoms with E-state index in [0.29, 0.717) is 24.9 Å². The summed E-state index contributed by atoms with van der Waals surface area (Å²) in [5.41, 5.74) is 7.08. The molecule has 1 aromatic rings. The monoisotopic (exact) mass is 291 g/mol. The van der Waals surface area contributed by atoms with Crippen LogP contribution in [0.3, 0.4) is 0 Å². The third kappa shape index (κ3) is 6.74. The fourth-order valence-electron chi connectivity index (χ4n) is 2.33. The topological polar surface area (TPSA) is 58.4 Å². The minimum absolute atomic E-state index is 0.0746. The number of amides is 1. The Hall–Kier alpha value is -1.39. The fourth-order valence-corrected chi connectivity index (χ4v) is 2.33. The number of carbonyl (C=O) groups excluding carboxylic acids is 1. The highest BCUT2D eigenvalue weighted by atomic mass is 16.2. The molecule has 0 bridgehead atoms. The van der Waals surface area contributed by atoms with Crippen LogP contribution in [0.15, 0.2) is 30.3 Å². The zero-order valence-corrected chi connectivity index (χ0v) is 13.7. The van der Waals surface area contributed by atoms with Gasteiger partial charge in [0.05, 0.1) is 6.04 Å². The Morgan fingerprint density at radius 1 is 1.24 bits per heavy atom. The van der Waals surface area contributed by atoms with Crippen LogP contribution in [0.25, 0.3) is 0 Å². The lowest BCUT2D eigenvalue weighted by molar-refractivity contribution is -0.122. The molecule has 0 aliphatic heterocycles. The fraction of sp³-hybridized carbons (Fsp3) is 0.588. The predicted molar refractivity (Wildman–Crippen MR) is 88.1 cm³/mol. The number of hydrogen-bond acceptors (Lipinski definition) is 3. The quantitative estimate of drug-likeness (QED) is 0.765. The van der Waals surface area contributed by atoms with E-state index in [1.54, 1.807) is 0 Å². The Labute approximate surface area is 128 Å². The summed E-state index contributed by atoms with van der Waals surface area (Å²) in [4.78, 5) is 14.3. The molecule has 1 unspecified atom stereocenters. The van der Waals surface area contributed by atoms with Crippen molar-refractivity contribution in [3.8, 4) is 0 Å². The van der Waals surface area contributed by atoms with E-state index in [4.69, 9.17) is 5.73 Å². The van der Waals surface area contributed by atoms with E-state index in [2.05, 4.69) is 24.1 Å². The van der Waals surface area contributed by atoms with Crippen molar-refractivity contribution < 1.29 is 4.79 Å². The average Bonchev–Trinajstić information content (AvgIpc) is 2.43.